The monoisotopic (exact) mass is 346 g/mol. The van der Waals surface area contributed by atoms with Gasteiger partial charge in [0.15, 0.2) is 5.65 Å². The molecule has 0 bridgehead atoms. The Kier molecular flexibility index (Phi) is 4.26. The van der Waals surface area contributed by atoms with Crippen LogP contribution in [0.25, 0.3) is 5.65 Å². The van der Waals surface area contributed by atoms with E-state index in [1.165, 1.54) is 18.7 Å². The highest BCUT2D eigenvalue weighted by Crippen LogP contribution is 2.36. The van der Waals surface area contributed by atoms with Gasteiger partial charge in [-0.1, -0.05) is 11.6 Å². The average molecular weight is 347 g/mol. The van der Waals surface area contributed by atoms with Crippen molar-refractivity contribution in [2.24, 2.45) is 0 Å². The van der Waals surface area contributed by atoms with Gasteiger partial charge in [-0.2, -0.15) is 5.10 Å². The van der Waals surface area contributed by atoms with Crippen LogP contribution in [0.4, 0.5) is 5.69 Å². The highest BCUT2D eigenvalue weighted by atomic mass is 35.5. The second-order valence-corrected chi connectivity index (χ2v) is 5.43. The predicted octanol–water partition coefficient (Wildman–Crippen LogP) is 2.96. The summed E-state index contributed by atoms with van der Waals surface area (Å²) < 4.78 is 11.9. The third-order valence-corrected chi connectivity index (χ3v) is 3.73. The molecule has 7 nitrogen and oxygen atoms in total. The van der Waals surface area contributed by atoms with Gasteiger partial charge in [0, 0.05) is 24.4 Å². The zero-order valence-electron chi connectivity index (χ0n) is 13.3. The summed E-state index contributed by atoms with van der Waals surface area (Å²) in [6.07, 6.45) is 1.56. The second-order valence-electron chi connectivity index (χ2n) is 5.03. The third kappa shape index (κ3) is 2.85. The van der Waals surface area contributed by atoms with Crippen molar-refractivity contribution in [3.8, 4) is 11.5 Å². The maximum Gasteiger partial charge on any atom is 0.274 e. The molecule has 0 aliphatic rings. The van der Waals surface area contributed by atoms with Crippen molar-refractivity contribution in [2.45, 2.75) is 6.92 Å². The molecule has 1 aromatic carbocycles. The van der Waals surface area contributed by atoms with Gasteiger partial charge in [0.25, 0.3) is 5.91 Å². The first-order valence-electron chi connectivity index (χ1n) is 7.07. The van der Waals surface area contributed by atoms with E-state index in [2.05, 4.69) is 15.4 Å². The Morgan fingerprint density at radius 3 is 2.67 bits per heavy atom. The minimum absolute atomic E-state index is 0.351. The van der Waals surface area contributed by atoms with Crippen molar-refractivity contribution in [3.05, 3.63) is 46.9 Å². The Morgan fingerprint density at radius 1 is 1.21 bits per heavy atom. The smallest absolute Gasteiger partial charge is 0.274 e. The van der Waals surface area contributed by atoms with Gasteiger partial charge < -0.3 is 14.8 Å². The van der Waals surface area contributed by atoms with E-state index in [0.29, 0.717) is 33.6 Å². The lowest BCUT2D eigenvalue weighted by molar-refractivity contribution is 0.101. The largest absolute Gasteiger partial charge is 0.495 e. The fourth-order valence-corrected chi connectivity index (χ4v) is 2.56. The number of aromatic nitrogens is 3. The number of nitrogens with one attached hydrogen (secondary N) is 1. The Morgan fingerprint density at radius 2 is 1.96 bits per heavy atom. The topological polar surface area (TPSA) is 77.8 Å². The number of fused-ring (bicyclic) bond motifs is 1. The number of halogens is 1. The zero-order chi connectivity index (χ0) is 17.3. The van der Waals surface area contributed by atoms with Crippen LogP contribution in [0.3, 0.4) is 0 Å². The molecule has 1 N–H and O–H groups in total. The Hall–Kier alpha value is -2.80. The summed E-state index contributed by atoms with van der Waals surface area (Å²) in [6, 6.07) is 6.57. The molecule has 2 aromatic heterocycles. The highest BCUT2D eigenvalue weighted by molar-refractivity contribution is 6.32. The van der Waals surface area contributed by atoms with Crippen molar-refractivity contribution in [3.63, 3.8) is 0 Å². The van der Waals surface area contributed by atoms with E-state index in [1.54, 1.807) is 30.5 Å². The quantitative estimate of drug-likeness (QED) is 0.785. The molecule has 0 spiro atoms. The van der Waals surface area contributed by atoms with Crippen LogP contribution in [0.15, 0.2) is 30.5 Å². The second kappa shape index (κ2) is 6.37. The molecule has 2 heterocycles. The van der Waals surface area contributed by atoms with E-state index < -0.39 is 0 Å². The summed E-state index contributed by atoms with van der Waals surface area (Å²) in [5, 5.41) is 7.46. The van der Waals surface area contributed by atoms with Crippen LogP contribution in [0.1, 0.15) is 16.2 Å². The van der Waals surface area contributed by atoms with Crippen LogP contribution in [0.2, 0.25) is 5.02 Å². The van der Waals surface area contributed by atoms with Gasteiger partial charge in [-0.15, -0.1) is 0 Å². The van der Waals surface area contributed by atoms with E-state index in [-0.39, 0.29) is 5.91 Å². The molecular formula is C16H15ClN4O3. The molecule has 24 heavy (non-hydrogen) atoms. The summed E-state index contributed by atoms with van der Waals surface area (Å²) in [6.45, 7) is 1.84. The molecule has 0 radical (unpaired) electrons. The fourth-order valence-electron chi connectivity index (χ4n) is 2.33. The molecule has 3 rings (SSSR count). The number of amides is 1. The summed E-state index contributed by atoms with van der Waals surface area (Å²) in [7, 11) is 2.99. The number of anilines is 1. The van der Waals surface area contributed by atoms with Crippen molar-refractivity contribution in [1.82, 2.24) is 14.6 Å². The Bertz CT molecular complexity index is 923. The van der Waals surface area contributed by atoms with E-state index in [0.717, 1.165) is 5.69 Å². The number of hydrogen-bond acceptors (Lipinski definition) is 5. The highest BCUT2D eigenvalue weighted by Gasteiger charge is 2.16. The number of carbonyl (C=O) groups is 1. The lowest BCUT2D eigenvalue weighted by Gasteiger charge is -2.13. The molecular weight excluding hydrogens is 332 g/mol. The fraction of sp³-hybridized carbons (Fsp3) is 0.188. The maximum atomic E-state index is 12.7. The summed E-state index contributed by atoms with van der Waals surface area (Å²) in [5.41, 5.74) is 2.16. The van der Waals surface area contributed by atoms with E-state index in [4.69, 9.17) is 21.1 Å². The molecule has 0 saturated carbocycles. The minimum Gasteiger partial charge on any atom is -0.495 e. The van der Waals surface area contributed by atoms with Crippen molar-refractivity contribution >= 4 is 28.8 Å². The van der Waals surface area contributed by atoms with E-state index in [1.807, 2.05) is 6.92 Å². The van der Waals surface area contributed by atoms with Crippen LogP contribution in [0, 0.1) is 6.92 Å². The first-order valence-corrected chi connectivity index (χ1v) is 7.45. The average Bonchev–Trinajstić information content (AvgIpc) is 2.95. The van der Waals surface area contributed by atoms with Crippen LogP contribution >= 0.6 is 11.6 Å². The van der Waals surface area contributed by atoms with Crippen LogP contribution < -0.4 is 14.8 Å². The van der Waals surface area contributed by atoms with Gasteiger partial charge in [-0.25, -0.2) is 9.50 Å². The number of carbonyl (C=O) groups excluding carboxylic acids is 1. The molecule has 3 aromatic rings. The number of rotatable bonds is 4. The van der Waals surface area contributed by atoms with Gasteiger partial charge >= 0.3 is 0 Å². The predicted molar refractivity (Wildman–Crippen MR) is 90.2 cm³/mol. The number of aryl methyl sites for hydroxylation is 1. The van der Waals surface area contributed by atoms with Gasteiger partial charge in [-0.05, 0) is 13.0 Å². The number of nitrogens with zero attached hydrogens (tertiary/aromatic N) is 3. The van der Waals surface area contributed by atoms with Crippen molar-refractivity contribution in [2.75, 3.05) is 19.5 Å². The minimum atomic E-state index is -0.354. The van der Waals surface area contributed by atoms with Gasteiger partial charge in [0.05, 0.1) is 30.6 Å². The summed E-state index contributed by atoms with van der Waals surface area (Å²) >= 11 is 6.07. The molecule has 124 valence electrons. The van der Waals surface area contributed by atoms with Crippen LogP contribution in [0.5, 0.6) is 11.5 Å². The number of ether oxygens (including phenoxy) is 2. The first kappa shape index (κ1) is 16.1. The first-order chi connectivity index (χ1) is 11.5. The van der Waals surface area contributed by atoms with Gasteiger partial charge in [-0.3, -0.25) is 4.79 Å². The van der Waals surface area contributed by atoms with Crippen LogP contribution in [-0.4, -0.2) is 34.7 Å². The molecule has 1 amide bonds. The van der Waals surface area contributed by atoms with E-state index >= 15 is 0 Å². The van der Waals surface area contributed by atoms with Crippen molar-refractivity contribution < 1.29 is 14.3 Å². The number of methoxy groups -OCH3 is 2. The molecule has 0 aliphatic carbocycles. The summed E-state index contributed by atoms with van der Waals surface area (Å²) in [4.78, 5) is 16.8. The Balaban J connectivity index is 2.00. The molecule has 8 heteroatoms. The van der Waals surface area contributed by atoms with E-state index in [9.17, 15) is 4.79 Å². The molecule has 0 atom stereocenters. The lowest BCUT2D eigenvalue weighted by atomic mass is 10.2. The Labute approximate surface area is 143 Å². The normalized spacial score (nSPS) is 10.7. The lowest BCUT2D eigenvalue weighted by Crippen LogP contribution is -2.17. The van der Waals surface area contributed by atoms with Crippen LogP contribution in [-0.2, 0) is 0 Å². The standard InChI is InChI=1S/C16H15ClN4O3/c1-9-6-15-18-5-4-12(21(15)20-9)16(22)19-11-8-13(23-2)10(17)7-14(11)24-3/h4-8H,1-3H3,(H,19,22). The van der Waals surface area contributed by atoms with Gasteiger partial charge in [0.2, 0.25) is 0 Å². The third-order valence-electron chi connectivity index (χ3n) is 3.43. The number of benzene rings is 1. The molecule has 0 aliphatic heterocycles. The van der Waals surface area contributed by atoms with Gasteiger partial charge in [0.1, 0.15) is 17.2 Å². The summed E-state index contributed by atoms with van der Waals surface area (Å²) in [5.74, 6) is 0.506. The molecule has 0 unspecified atom stereocenters. The molecule has 0 fully saturated rings. The maximum absolute atomic E-state index is 12.7. The SMILES string of the molecule is COc1cc(NC(=O)c2ccnc3cc(C)nn23)c(OC)cc1Cl. The number of hydrogen-bond donors (Lipinski definition) is 1. The molecule has 0 saturated heterocycles. The van der Waals surface area contributed by atoms with Crippen molar-refractivity contribution in [1.29, 1.82) is 0 Å². The zero-order valence-corrected chi connectivity index (χ0v) is 14.1.